The Bertz CT molecular complexity index is 549. The maximum Gasteiger partial charge on any atom is 0.120 e. The van der Waals surface area contributed by atoms with Crippen molar-refractivity contribution in [1.29, 1.82) is 0 Å². The molecule has 0 saturated heterocycles. The van der Waals surface area contributed by atoms with Gasteiger partial charge in [0.1, 0.15) is 11.5 Å². The second-order valence-corrected chi connectivity index (χ2v) is 4.69. The summed E-state index contributed by atoms with van der Waals surface area (Å²) in [6, 6.07) is 13.5. The van der Waals surface area contributed by atoms with Gasteiger partial charge >= 0.3 is 0 Å². The summed E-state index contributed by atoms with van der Waals surface area (Å²) in [5.41, 5.74) is 3.16. The standard InChI is InChI=1S/C16H19NO2/c1-12-4-9-16(18)13(10-12)11-17(2)14-5-7-15(19-3)8-6-14/h4-10,18H,11H2,1-3H3. The minimum absolute atomic E-state index is 0.339. The third kappa shape index (κ3) is 3.19. The van der Waals surface area contributed by atoms with Gasteiger partial charge in [-0.2, -0.15) is 0 Å². The summed E-state index contributed by atoms with van der Waals surface area (Å²) < 4.78 is 5.14. The Balaban J connectivity index is 2.15. The van der Waals surface area contributed by atoms with Crippen LogP contribution in [0.1, 0.15) is 11.1 Å². The molecule has 19 heavy (non-hydrogen) atoms. The monoisotopic (exact) mass is 257 g/mol. The number of ether oxygens (including phenoxy) is 1. The molecule has 100 valence electrons. The molecule has 2 aromatic rings. The summed E-state index contributed by atoms with van der Waals surface area (Å²) in [5.74, 6) is 1.18. The smallest absolute Gasteiger partial charge is 0.120 e. The molecule has 0 bridgehead atoms. The molecule has 0 fully saturated rings. The Morgan fingerprint density at radius 3 is 2.42 bits per heavy atom. The molecule has 2 aromatic carbocycles. The van der Waals surface area contributed by atoms with Crippen LogP contribution in [-0.2, 0) is 6.54 Å². The van der Waals surface area contributed by atoms with Gasteiger partial charge in [0.25, 0.3) is 0 Å². The number of phenolic OH excluding ortho intramolecular Hbond substituents is 1. The second kappa shape index (κ2) is 5.65. The lowest BCUT2D eigenvalue weighted by Crippen LogP contribution is -2.16. The van der Waals surface area contributed by atoms with E-state index in [-0.39, 0.29) is 0 Å². The maximum atomic E-state index is 9.87. The molecule has 0 radical (unpaired) electrons. The summed E-state index contributed by atoms with van der Waals surface area (Å²) in [6.45, 7) is 2.69. The number of rotatable bonds is 4. The number of nitrogens with zero attached hydrogens (tertiary/aromatic N) is 1. The summed E-state index contributed by atoms with van der Waals surface area (Å²) in [5, 5.41) is 9.87. The molecule has 0 aliphatic rings. The van der Waals surface area contributed by atoms with Crippen LogP contribution in [0.5, 0.6) is 11.5 Å². The minimum Gasteiger partial charge on any atom is -0.508 e. The van der Waals surface area contributed by atoms with E-state index < -0.39 is 0 Å². The number of hydrogen-bond donors (Lipinski definition) is 1. The molecule has 0 aliphatic carbocycles. The fourth-order valence-corrected chi connectivity index (χ4v) is 2.02. The molecule has 0 amide bonds. The first-order chi connectivity index (χ1) is 9.10. The number of anilines is 1. The van der Waals surface area contributed by atoms with Crippen molar-refractivity contribution in [2.75, 3.05) is 19.1 Å². The quantitative estimate of drug-likeness (QED) is 0.911. The Morgan fingerprint density at radius 1 is 1.11 bits per heavy atom. The van der Waals surface area contributed by atoms with Crippen LogP contribution in [-0.4, -0.2) is 19.3 Å². The highest BCUT2D eigenvalue weighted by Crippen LogP contribution is 2.24. The van der Waals surface area contributed by atoms with Gasteiger partial charge in [-0.05, 0) is 37.3 Å². The van der Waals surface area contributed by atoms with E-state index in [2.05, 4.69) is 4.90 Å². The van der Waals surface area contributed by atoms with Crippen LogP contribution in [0.15, 0.2) is 42.5 Å². The lowest BCUT2D eigenvalue weighted by Gasteiger charge is -2.20. The van der Waals surface area contributed by atoms with Crippen LogP contribution >= 0.6 is 0 Å². The van der Waals surface area contributed by atoms with Crippen LogP contribution in [0.2, 0.25) is 0 Å². The normalized spacial score (nSPS) is 10.3. The fraction of sp³-hybridized carbons (Fsp3) is 0.250. The van der Waals surface area contributed by atoms with Gasteiger partial charge in [-0.3, -0.25) is 0 Å². The van der Waals surface area contributed by atoms with E-state index in [1.807, 2.05) is 50.4 Å². The molecule has 1 N–H and O–H groups in total. The molecule has 0 aliphatic heterocycles. The molecule has 2 rings (SSSR count). The van der Waals surface area contributed by atoms with Gasteiger partial charge in [0.05, 0.1) is 7.11 Å². The van der Waals surface area contributed by atoms with E-state index in [1.165, 1.54) is 0 Å². The number of methoxy groups -OCH3 is 1. The summed E-state index contributed by atoms with van der Waals surface area (Å²) in [7, 11) is 3.66. The lowest BCUT2D eigenvalue weighted by molar-refractivity contribution is 0.415. The Labute approximate surface area is 114 Å². The zero-order valence-electron chi connectivity index (χ0n) is 11.6. The van der Waals surface area contributed by atoms with Gasteiger partial charge < -0.3 is 14.7 Å². The van der Waals surface area contributed by atoms with Crippen molar-refractivity contribution < 1.29 is 9.84 Å². The van der Waals surface area contributed by atoms with Crippen molar-refractivity contribution in [2.45, 2.75) is 13.5 Å². The van der Waals surface area contributed by atoms with Crippen LogP contribution < -0.4 is 9.64 Å². The molecule has 3 nitrogen and oxygen atoms in total. The molecule has 0 atom stereocenters. The summed E-state index contributed by atoms with van der Waals surface area (Å²) in [6.07, 6.45) is 0. The molecule has 0 aromatic heterocycles. The number of benzene rings is 2. The lowest BCUT2D eigenvalue weighted by atomic mass is 10.1. The second-order valence-electron chi connectivity index (χ2n) is 4.69. The first-order valence-electron chi connectivity index (χ1n) is 6.24. The topological polar surface area (TPSA) is 32.7 Å². The largest absolute Gasteiger partial charge is 0.508 e. The summed E-state index contributed by atoms with van der Waals surface area (Å²) in [4.78, 5) is 2.09. The zero-order chi connectivity index (χ0) is 13.8. The van der Waals surface area contributed by atoms with Crippen LogP contribution in [0, 0.1) is 6.92 Å². The average Bonchev–Trinajstić information content (AvgIpc) is 2.43. The number of aryl methyl sites for hydroxylation is 1. The molecule has 0 unspecified atom stereocenters. The predicted molar refractivity (Wildman–Crippen MR) is 77.9 cm³/mol. The predicted octanol–water partition coefficient (Wildman–Crippen LogP) is 3.35. The number of hydrogen-bond acceptors (Lipinski definition) is 3. The van der Waals surface area contributed by atoms with Crippen LogP contribution in [0.4, 0.5) is 5.69 Å². The average molecular weight is 257 g/mol. The highest BCUT2D eigenvalue weighted by Gasteiger charge is 2.06. The highest BCUT2D eigenvalue weighted by molar-refractivity contribution is 5.50. The number of aromatic hydroxyl groups is 1. The van der Waals surface area contributed by atoms with E-state index >= 15 is 0 Å². The van der Waals surface area contributed by atoms with Gasteiger partial charge in [0.15, 0.2) is 0 Å². The van der Waals surface area contributed by atoms with Gasteiger partial charge in [-0.1, -0.05) is 17.7 Å². The Hall–Kier alpha value is -2.16. The highest BCUT2D eigenvalue weighted by atomic mass is 16.5. The van der Waals surface area contributed by atoms with Crippen molar-refractivity contribution in [3.05, 3.63) is 53.6 Å². The van der Waals surface area contributed by atoms with Gasteiger partial charge in [0.2, 0.25) is 0 Å². The summed E-state index contributed by atoms with van der Waals surface area (Å²) >= 11 is 0. The molecule has 3 heteroatoms. The fourth-order valence-electron chi connectivity index (χ4n) is 2.02. The molecule has 0 heterocycles. The van der Waals surface area contributed by atoms with Crippen LogP contribution in [0.3, 0.4) is 0 Å². The Kier molecular flexibility index (Phi) is 3.95. The van der Waals surface area contributed by atoms with Gasteiger partial charge in [-0.15, -0.1) is 0 Å². The molecular weight excluding hydrogens is 238 g/mol. The van der Waals surface area contributed by atoms with E-state index in [9.17, 15) is 5.11 Å². The van der Waals surface area contributed by atoms with Crippen molar-refractivity contribution in [1.82, 2.24) is 0 Å². The zero-order valence-corrected chi connectivity index (χ0v) is 11.6. The third-order valence-corrected chi connectivity index (χ3v) is 3.16. The number of phenols is 1. The van der Waals surface area contributed by atoms with E-state index in [0.717, 1.165) is 22.6 Å². The molecule has 0 saturated carbocycles. The van der Waals surface area contributed by atoms with Crippen molar-refractivity contribution >= 4 is 5.69 Å². The first kappa shape index (κ1) is 13.3. The maximum absolute atomic E-state index is 9.87. The van der Waals surface area contributed by atoms with E-state index in [0.29, 0.717) is 12.3 Å². The van der Waals surface area contributed by atoms with Crippen molar-refractivity contribution in [2.24, 2.45) is 0 Å². The van der Waals surface area contributed by atoms with E-state index in [4.69, 9.17) is 4.74 Å². The minimum atomic E-state index is 0.339. The first-order valence-corrected chi connectivity index (χ1v) is 6.24. The van der Waals surface area contributed by atoms with Gasteiger partial charge in [0, 0.05) is 24.8 Å². The molecular formula is C16H19NO2. The van der Waals surface area contributed by atoms with Crippen molar-refractivity contribution in [3.8, 4) is 11.5 Å². The van der Waals surface area contributed by atoms with Gasteiger partial charge in [-0.25, -0.2) is 0 Å². The molecule has 0 spiro atoms. The third-order valence-electron chi connectivity index (χ3n) is 3.16. The SMILES string of the molecule is COc1ccc(N(C)Cc2cc(C)ccc2O)cc1. The van der Waals surface area contributed by atoms with Crippen molar-refractivity contribution in [3.63, 3.8) is 0 Å². The van der Waals surface area contributed by atoms with E-state index in [1.54, 1.807) is 13.2 Å². The Morgan fingerprint density at radius 2 is 1.79 bits per heavy atom. The van der Waals surface area contributed by atoms with Crippen LogP contribution in [0.25, 0.3) is 0 Å².